The number of amides is 1. The molecule has 1 saturated heterocycles. The van der Waals surface area contributed by atoms with Crippen LogP contribution in [0.1, 0.15) is 18.4 Å². The molecule has 7 heteroatoms. The third-order valence-electron chi connectivity index (χ3n) is 4.09. The fraction of sp³-hybridized carbons (Fsp3) is 0.294. The molecule has 0 saturated carbocycles. The number of nitrogens with one attached hydrogen (secondary N) is 1. The zero-order chi connectivity index (χ0) is 16.9. The highest BCUT2D eigenvalue weighted by molar-refractivity contribution is 5.92. The number of hydrogen-bond donors (Lipinski definition) is 2. The Morgan fingerprint density at radius 1 is 1.29 bits per heavy atom. The smallest absolute Gasteiger partial charge is 0.228 e. The van der Waals surface area contributed by atoms with Crippen molar-refractivity contribution in [3.63, 3.8) is 0 Å². The van der Waals surface area contributed by atoms with Gasteiger partial charge in [-0.1, -0.05) is 0 Å². The van der Waals surface area contributed by atoms with Crippen molar-refractivity contribution in [1.29, 1.82) is 5.26 Å². The summed E-state index contributed by atoms with van der Waals surface area (Å²) in [6, 6.07) is 8.70. The number of anilines is 2. The van der Waals surface area contributed by atoms with Crippen LogP contribution in [0.2, 0.25) is 0 Å². The van der Waals surface area contributed by atoms with Crippen LogP contribution in [0.4, 0.5) is 11.6 Å². The van der Waals surface area contributed by atoms with Crippen LogP contribution in [0.15, 0.2) is 36.7 Å². The van der Waals surface area contributed by atoms with Gasteiger partial charge in [0, 0.05) is 31.4 Å². The van der Waals surface area contributed by atoms with E-state index in [-0.39, 0.29) is 23.4 Å². The largest absolute Gasteiger partial charge is 0.504 e. The summed E-state index contributed by atoms with van der Waals surface area (Å²) in [7, 11) is 0. The summed E-state index contributed by atoms with van der Waals surface area (Å²) in [5.41, 5.74) is 0.531. The van der Waals surface area contributed by atoms with Crippen LogP contribution < -0.4 is 10.2 Å². The highest BCUT2D eigenvalue weighted by atomic mass is 16.3. The minimum atomic E-state index is -0.128. The van der Waals surface area contributed by atoms with Gasteiger partial charge < -0.3 is 15.3 Å². The van der Waals surface area contributed by atoms with Gasteiger partial charge in [-0.25, -0.2) is 9.97 Å². The van der Waals surface area contributed by atoms with E-state index in [4.69, 9.17) is 5.26 Å². The molecule has 0 aromatic carbocycles. The van der Waals surface area contributed by atoms with Gasteiger partial charge in [0.2, 0.25) is 5.91 Å². The van der Waals surface area contributed by atoms with Crippen LogP contribution in [0, 0.1) is 17.2 Å². The normalized spacial score (nSPS) is 14.9. The van der Waals surface area contributed by atoms with Crippen LogP contribution in [0.3, 0.4) is 0 Å². The summed E-state index contributed by atoms with van der Waals surface area (Å²) in [6.45, 7) is 1.43. The molecule has 0 atom stereocenters. The zero-order valence-corrected chi connectivity index (χ0v) is 13.0. The van der Waals surface area contributed by atoms with Crippen molar-refractivity contribution in [2.24, 2.45) is 5.92 Å². The lowest BCUT2D eigenvalue weighted by Gasteiger charge is -2.32. The predicted molar refractivity (Wildman–Crippen MR) is 88.4 cm³/mol. The van der Waals surface area contributed by atoms with Crippen LogP contribution in [0.25, 0.3) is 0 Å². The van der Waals surface area contributed by atoms with Gasteiger partial charge >= 0.3 is 0 Å². The van der Waals surface area contributed by atoms with E-state index >= 15 is 0 Å². The van der Waals surface area contributed by atoms with Crippen molar-refractivity contribution < 1.29 is 9.90 Å². The van der Waals surface area contributed by atoms with Gasteiger partial charge in [-0.3, -0.25) is 4.79 Å². The molecule has 2 aromatic heterocycles. The molecule has 0 bridgehead atoms. The fourth-order valence-corrected chi connectivity index (χ4v) is 2.72. The maximum atomic E-state index is 12.3. The van der Waals surface area contributed by atoms with E-state index in [1.807, 2.05) is 12.1 Å². The van der Waals surface area contributed by atoms with Gasteiger partial charge in [0.1, 0.15) is 11.9 Å². The molecule has 0 unspecified atom stereocenters. The quantitative estimate of drug-likeness (QED) is 0.894. The van der Waals surface area contributed by atoms with Crippen molar-refractivity contribution in [3.05, 3.63) is 42.2 Å². The predicted octanol–water partition coefficient (Wildman–Crippen LogP) is 1.91. The van der Waals surface area contributed by atoms with Crippen molar-refractivity contribution >= 4 is 17.5 Å². The molecule has 2 N–H and O–H groups in total. The SMILES string of the molecule is N#Cc1ccc(N2CCC(C(=O)Nc3ncccc3O)CC2)nc1. The molecule has 2 aromatic rings. The maximum absolute atomic E-state index is 12.3. The third-order valence-corrected chi connectivity index (χ3v) is 4.09. The Kier molecular flexibility index (Phi) is 4.57. The average molecular weight is 323 g/mol. The summed E-state index contributed by atoms with van der Waals surface area (Å²) in [6.07, 6.45) is 4.47. The number of aromatic nitrogens is 2. The van der Waals surface area contributed by atoms with E-state index in [2.05, 4.69) is 20.2 Å². The second-order valence-corrected chi connectivity index (χ2v) is 5.64. The Bertz CT molecular complexity index is 761. The number of pyridine rings is 2. The minimum absolute atomic E-state index is 0.0370. The minimum Gasteiger partial charge on any atom is -0.504 e. The van der Waals surface area contributed by atoms with Crippen LogP contribution >= 0.6 is 0 Å². The number of carbonyl (C=O) groups is 1. The molecule has 0 spiro atoms. The van der Waals surface area contributed by atoms with Gasteiger partial charge in [0.05, 0.1) is 5.56 Å². The number of piperidine rings is 1. The first kappa shape index (κ1) is 15.7. The summed E-state index contributed by atoms with van der Waals surface area (Å²) in [5.74, 6) is 0.719. The number of carbonyl (C=O) groups excluding carboxylic acids is 1. The first-order valence-electron chi connectivity index (χ1n) is 7.73. The van der Waals surface area contributed by atoms with E-state index in [0.29, 0.717) is 31.5 Å². The van der Waals surface area contributed by atoms with E-state index in [0.717, 1.165) is 5.82 Å². The number of nitriles is 1. The Morgan fingerprint density at radius 2 is 2.08 bits per heavy atom. The molecule has 3 rings (SSSR count). The number of rotatable bonds is 3. The lowest BCUT2D eigenvalue weighted by molar-refractivity contribution is -0.120. The van der Waals surface area contributed by atoms with Crippen LogP contribution in [-0.2, 0) is 4.79 Å². The van der Waals surface area contributed by atoms with E-state index < -0.39 is 0 Å². The molecule has 24 heavy (non-hydrogen) atoms. The summed E-state index contributed by atoms with van der Waals surface area (Å²) < 4.78 is 0. The Balaban J connectivity index is 1.57. The van der Waals surface area contributed by atoms with Crippen molar-refractivity contribution in [2.75, 3.05) is 23.3 Å². The molecule has 122 valence electrons. The summed E-state index contributed by atoms with van der Waals surface area (Å²) in [4.78, 5) is 22.7. The van der Waals surface area contributed by atoms with E-state index in [1.165, 1.54) is 12.3 Å². The Hall–Kier alpha value is -3.14. The van der Waals surface area contributed by atoms with Gasteiger partial charge in [0.25, 0.3) is 0 Å². The molecular weight excluding hydrogens is 306 g/mol. The number of aromatic hydroxyl groups is 1. The lowest BCUT2D eigenvalue weighted by atomic mass is 9.96. The lowest BCUT2D eigenvalue weighted by Crippen LogP contribution is -2.38. The van der Waals surface area contributed by atoms with Crippen molar-refractivity contribution in [3.8, 4) is 11.8 Å². The van der Waals surface area contributed by atoms with E-state index in [1.54, 1.807) is 18.3 Å². The standard InChI is InChI=1S/C17H17N5O2/c18-10-12-3-4-15(20-11-12)22-8-5-13(6-9-22)17(24)21-16-14(23)2-1-7-19-16/h1-4,7,11,13,23H,5-6,8-9H2,(H,19,21,24). The molecule has 3 heterocycles. The molecule has 1 aliphatic rings. The third kappa shape index (κ3) is 3.43. The van der Waals surface area contributed by atoms with Gasteiger partial charge in [-0.15, -0.1) is 0 Å². The highest BCUT2D eigenvalue weighted by Gasteiger charge is 2.26. The molecule has 7 nitrogen and oxygen atoms in total. The van der Waals surface area contributed by atoms with Crippen LogP contribution in [-0.4, -0.2) is 34.1 Å². The fourth-order valence-electron chi connectivity index (χ4n) is 2.72. The van der Waals surface area contributed by atoms with Crippen LogP contribution in [0.5, 0.6) is 5.75 Å². The van der Waals surface area contributed by atoms with Crippen molar-refractivity contribution in [2.45, 2.75) is 12.8 Å². The number of nitrogens with zero attached hydrogens (tertiary/aromatic N) is 4. The molecule has 0 aliphatic carbocycles. The number of hydrogen-bond acceptors (Lipinski definition) is 6. The average Bonchev–Trinajstić information content (AvgIpc) is 2.64. The van der Waals surface area contributed by atoms with E-state index in [9.17, 15) is 9.90 Å². The first-order chi connectivity index (χ1) is 11.7. The maximum Gasteiger partial charge on any atom is 0.228 e. The second kappa shape index (κ2) is 6.96. The van der Waals surface area contributed by atoms with Crippen molar-refractivity contribution in [1.82, 2.24) is 9.97 Å². The monoisotopic (exact) mass is 323 g/mol. The Morgan fingerprint density at radius 3 is 2.71 bits per heavy atom. The highest BCUT2D eigenvalue weighted by Crippen LogP contribution is 2.25. The topological polar surface area (TPSA) is 102 Å². The molecule has 0 radical (unpaired) electrons. The molecule has 1 fully saturated rings. The zero-order valence-electron chi connectivity index (χ0n) is 13.0. The Labute approximate surface area is 139 Å². The first-order valence-corrected chi connectivity index (χ1v) is 7.73. The van der Waals surface area contributed by atoms with Gasteiger partial charge in [-0.05, 0) is 37.1 Å². The van der Waals surface area contributed by atoms with Gasteiger partial charge in [0.15, 0.2) is 11.6 Å². The van der Waals surface area contributed by atoms with Gasteiger partial charge in [-0.2, -0.15) is 5.26 Å². The molecule has 1 amide bonds. The molecular formula is C17H17N5O2. The second-order valence-electron chi connectivity index (χ2n) is 5.64. The summed E-state index contributed by atoms with van der Waals surface area (Å²) in [5, 5.41) is 21.2. The summed E-state index contributed by atoms with van der Waals surface area (Å²) >= 11 is 0. The molecule has 1 aliphatic heterocycles.